The molecule has 0 bridgehead atoms. The van der Waals surface area contributed by atoms with Gasteiger partial charge in [-0.3, -0.25) is 4.79 Å². The van der Waals surface area contributed by atoms with Crippen LogP contribution in [-0.4, -0.2) is 29.5 Å². The van der Waals surface area contributed by atoms with Gasteiger partial charge in [-0.1, -0.05) is 0 Å². The average Bonchev–Trinajstić information content (AvgIpc) is 2.96. The number of nitrogens with two attached hydrogens (primary N) is 1. The average molecular weight is 333 g/mol. The van der Waals surface area contributed by atoms with Crippen LogP contribution >= 0.6 is 24.8 Å². The van der Waals surface area contributed by atoms with Crippen molar-refractivity contribution >= 4 is 36.5 Å². The van der Waals surface area contributed by atoms with E-state index in [9.17, 15) is 4.79 Å². The first-order valence-electron chi connectivity index (χ1n) is 6.94. The number of aromatic nitrogens is 1. The molecule has 1 aliphatic carbocycles. The van der Waals surface area contributed by atoms with Gasteiger partial charge in [0, 0.05) is 25.8 Å². The summed E-state index contributed by atoms with van der Waals surface area (Å²) in [6.07, 6.45) is 5.88. The first-order chi connectivity index (χ1) is 9.17. The Balaban J connectivity index is 0.00000110. The van der Waals surface area contributed by atoms with E-state index in [0.717, 1.165) is 37.3 Å². The Hall–Kier alpha value is -1.04. The first kappa shape index (κ1) is 18.0. The molecule has 3 N–H and O–H groups in total. The molecule has 1 aromatic rings. The van der Waals surface area contributed by atoms with Crippen LogP contribution in [-0.2, 0) is 11.3 Å². The predicted octanol–water partition coefficient (Wildman–Crippen LogP) is 1.63. The number of nitrogens with one attached hydrogen (secondary N) is 1. The lowest BCUT2D eigenvalue weighted by Crippen LogP contribution is -2.42. The smallest absolute Gasteiger partial charge is 0.240 e. The minimum Gasteiger partial charge on any atom is -0.357 e. The number of halogens is 2. The maximum Gasteiger partial charge on any atom is 0.240 e. The number of nitrogens with zero attached hydrogens (tertiary/aromatic N) is 2. The Morgan fingerprint density at radius 1 is 1.33 bits per heavy atom. The molecule has 3 rings (SSSR count). The van der Waals surface area contributed by atoms with Crippen LogP contribution in [0.1, 0.15) is 31.2 Å². The quantitative estimate of drug-likeness (QED) is 0.879. The summed E-state index contributed by atoms with van der Waals surface area (Å²) in [6, 6.07) is 4.00. The molecule has 1 saturated carbocycles. The highest BCUT2D eigenvalue weighted by Crippen LogP contribution is 2.32. The summed E-state index contributed by atoms with van der Waals surface area (Å²) in [5.41, 5.74) is 6.34. The lowest BCUT2D eigenvalue weighted by Gasteiger charge is -2.17. The van der Waals surface area contributed by atoms with E-state index in [0.29, 0.717) is 6.54 Å². The van der Waals surface area contributed by atoms with Crippen molar-refractivity contribution in [1.82, 2.24) is 10.3 Å². The number of rotatable bonds is 4. The number of pyridine rings is 1. The van der Waals surface area contributed by atoms with Crippen LogP contribution in [0.4, 0.5) is 5.82 Å². The summed E-state index contributed by atoms with van der Waals surface area (Å²) in [5.74, 6) is 0.977. The summed E-state index contributed by atoms with van der Waals surface area (Å²) >= 11 is 0. The monoisotopic (exact) mass is 332 g/mol. The van der Waals surface area contributed by atoms with E-state index in [-0.39, 0.29) is 30.7 Å². The number of hydrogen-bond acceptors (Lipinski definition) is 4. The normalized spacial score (nSPS) is 18.4. The van der Waals surface area contributed by atoms with Crippen molar-refractivity contribution < 1.29 is 4.79 Å². The van der Waals surface area contributed by atoms with Crippen molar-refractivity contribution in [2.75, 3.05) is 18.0 Å². The zero-order chi connectivity index (χ0) is 13.3. The molecule has 118 valence electrons. The lowest BCUT2D eigenvalue weighted by molar-refractivity contribution is -0.123. The molecule has 5 nitrogen and oxygen atoms in total. The van der Waals surface area contributed by atoms with Gasteiger partial charge in [0.25, 0.3) is 0 Å². The highest BCUT2D eigenvalue weighted by atomic mass is 35.5. The predicted molar refractivity (Wildman–Crippen MR) is 88.2 cm³/mol. The summed E-state index contributed by atoms with van der Waals surface area (Å²) < 4.78 is 0. The van der Waals surface area contributed by atoms with Gasteiger partial charge in [-0.15, -0.1) is 24.8 Å². The molecule has 1 amide bonds. The van der Waals surface area contributed by atoms with E-state index in [4.69, 9.17) is 5.73 Å². The second kappa shape index (κ2) is 7.29. The van der Waals surface area contributed by atoms with Crippen LogP contribution in [0.25, 0.3) is 0 Å². The zero-order valence-corrected chi connectivity index (χ0v) is 13.5. The second-order valence-corrected chi connectivity index (χ2v) is 5.56. The number of carbonyl (C=O) groups is 1. The van der Waals surface area contributed by atoms with E-state index in [1.807, 2.05) is 12.3 Å². The molecular weight excluding hydrogens is 311 g/mol. The zero-order valence-electron chi connectivity index (χ0n) is 11.9. The molecule has 2 heterocycles. The van der Waals surface area contributed by atoms with Crippen LogP contribution in [0, 0.1) is 0 Å². The molecule has 1 aromatic heterocycles. The Kier molecular flexibility index (Phi) is 6.25. The fourth-order valence-corrected chi connectivity index (χ4v) is 2.41. The van der Waals surface area contributed by atoms with Gasteiger partial charge in [-0.05, 0) is 43.4 Å². The van der Waals surface area contributed by atoms with Gasteiger partial charge in [-0.2, -0.15) is 0 Å². The molecule has 0 aromatic carbocycles. The van der Waals surface area contributed by atoms with Gasteiger partial charge in [0.1, 0.15) is 5.82 Å². The highest BCUT2D eigenvalue weighted by molar-refractivity contribution is 5.88. The number of anilines is 1. The minimum absolute atomic E-state index is 0. The maximum atomic E-state index is 11.8. The Bertz CT molecular complexity index is 488. The Labute approximate surface area is 137 Å². The third kappa shape index (κ3) is 4.22. The number of hydrogen-bond donors (Lipinski definition) is 2. The Morgan fingerprint density at radius 2 is 2.00 bits per heavy atom. The fraction of sp³-hybridized carbons (Fsp3) is 0.571. The molecule has 0 atom stereocenters. The van der Waals surface area contributed by atoms with Crippen LogP contribution in [0.15, 0.2) is 18.3 Å². The summed E-state index contributed by atoms with van der Waals surface area (Å²) in [5, 5.41) is 2.91. The Morgan fingerprint density at radius 3 is 2.62 bits per heavy atom. The fourth-order valence-electron chi connectivity index (χ4n) is 2.41. The first-order valence-corrected chi connectivity index (χ1v) is 6.94. The van der Waals surface area contributed by atoms with Gasteiger partial charge in [0.05, 0.1) is 5.54 Å². The van der Waals surface area contributed by atoms with Crippen molar-refractivity contribution in [3.8, 4) is 0 Å². The second-order valence-electron chi connectivity index (χ2n) is 5.56. The van der Waals surface area contributed by atoms with E-state index in [1.54, 1.807) is 0 Å². The third-order valence-corrected chi connectivity index (χ3v) is 3.93. The molecule has 7 heteroatoms. The van der Waals surface area contributed by atoms with E-state index < -0.39 is 5.54 Å². The molecular formula is C14H22Cl2N4O. The SMILES string of the molecule is Cl.Cl.NC1(C(=O)NCc2ccnc(N3CCCC3)c2)CC1. The van der Waals surface area contributed by atoms with Crippen molar-refractivity contribution in [2.45, 2.75) is 37.8 Å². The summed E-state index contributed by atoms with van der Waals surface area (Å²) in [6.45, 7) is 2.69. The van der Waals surface area contributed by atoms with Crippen molar-refractivity contribution in [3.63, 3.8) is 0 Å². The van der Waals surface area contributed by atoms with Crippen LogP contribution in [0.3, 0.4) is 0 Å². The number of amides is 1. The third-order valence-electron chi connectivity index (χ3n) is 3.93. The van der Waals surface area contributed by atoms with E-state index >= 15 is 0 Å². The topological polar surface area (TPSA) is 71.2 Å². The lowest BCUT2D eigenvalue weighted by atomic mass is 10.2. The van der Waals surface area contributed by atoms with E-state index in [2.05, 4.69) is 21.3 Å². The van der Waals surface area contributed by atoms with Gasteiger partial charge < -0.3 is 16.0 Å². The molecule has 2 fully saturated rings. The molecule has 2 aliphatic rings. The molecule has 0 radical (unpaired) electrons. The van der Waals surface area contributed by atoms with Crippen molar-refractivity contribution in [1.29, 1.82) is 0 Å². The molecule has 0 spiro atoms. The molecule has 1 aliphatic heterocycles. The van der Waals surface area contributed by atoms with Gasteiger partial charge in [0.15, 0.2) is 0 Å². The molecule has 0 unspecified atom stereocenters. The minimum atomic E-state index is -0.592. The van der Waals surface area contributed by atoms with Gasteiger partial charge >= 0.3 is 0 Å². The molecule has 21 heavy (non-hydrogen) atoms. The van der Waals surface area contributed by atoms with Crippen LogP contribution in [0.5, 0.6) is 0 Å². The number of carbonyl (C=O) groups excluding carboxylic acids is 1. The molecule has 1 saturated heterocycles. The standard InChI is InChI=1S/C14H20N4O.2ClH/c15-14(4-5-14)13(19)17-10-11-3-6-16-12(9-11)18-7-1-2-8-18;;/h3,6,9H,1-2,4-5,7-8,10,15H2,(H,17,19);2*1H. The van der Waals surface area contributed by atoms with Gasteiger partial charge in [-0.25, -0.2) is 4.98 Å². The van der Waals surface area contributed by atoms with Crippen molar-refractivity contribution in [2.24, 2.45) is 5.73 Å². The highest BCUT2D eigenvalue weighted by Gasteiger charge is 2.45. The summed E-state index contributed by atoms with van der Waals surface area (Å²) in [7, 11) is 0. The van der Waals surface area contributed by atoms with Crippen LogP contribution < -0.4 is 16.0 Å². The van der Waals surface area contributed by atoms with Gasteiger partial charge in [0.2, 0.25) is 5.91 Å². The van der Waals surface area contributed by atoms with E-state index in [1.165, 1.54) is 12.8 Å². The van der Waals surface area contributed by atoms with Crippen molar-refractivity contribution in [3.05, 3.63) is 23.9 Å². The summed E-state index contributed by atoms with van der Waals surface area (Å²) in [4.78, 5) is 18.5. The van der Waals surface area contributed by atoms with Crippen LogP contribution in [0.2, 0.25) is 0 Å². The largest absolute Gasteiger partial charge is 0.357 e. The maximum absolute atomic E-state index is 11.8.